The van der Waals surface area contributed by atoms with E-state index in [1.54, 1.807) is 6.20 Å². The fourth-order valence-corrected chi connectivity index (χ4v) is 2.53. The first kappa shape index (κ1) is 14.2. The molecule has 0 spiro atoms. The van der Waals surface area contributed by atoms with Crippen LogP contribution >= 0.6 is 0 Å². The van der Waals surface area contributed by atoms with Crippen molar-refractivity contribution in [3.63, 3.8) is 0 Å². The third-order valence-corrected chi connectivity index (χ3v) is 3.68. The van der Waals surface area contributed by atoms with Crippen LogP contribution in [0.15, 0.2) is 79.0 Å². The average molecular weight is 287 g/mol. The van der Waals surface area contributed by atoms with Crippen molar-refractivity contribution < 1.29 is 4.79 Å². The van der Waals surface area contributed by atoms with Crippen molar-refractivity contribution in [2.75, 3.05) is 0 Å². The Balaban J connectivity index is 1.78. The number of benzene rings is 2. The van der Waals surface area contributed by atoms with Crippen molar-refractivity contribution >= 4 is 5.78 Å². The fraction of sp³-hybridized carbons (Fsp3) is 0.100. The number of aryl methyl sites for hydroxylation is 1. The molecular weight excluding hydrogens is 270 g/mol. The van der Waals surface area contributed by atoms with Gasteiger partial charge in [0.25, 0.3) is 0 Å². The van der Waals surface area contributed by atoms with E-state index in [4.69, 9.17) is 0 Å². The number of carbonyl (C=O) groups excluding carboxylic acids is 1. The van der Waals surface area contributed by atoms with Crippen LogP contribution in [0.1, 0.15) is 22.3 Å². The summed E-state index contributed by atoms with van der Waals surface area (Å²) in [5, 5.41) is 0. The lowest BCUT2D eigenvalue weighted by Gasteiger charge is -2.08. The number of nitrogens with zero attached hydrogens (tertiary/aromatic N) is 1. The van der Waals surface area contributed by atoms with Crippen molar-refractivity contribution in [1.29, 1.82) is 0 Å². The van der Waals surface area contributed by atoms with Crippen LogP contribution in [0.3, 0.4) is 0 Å². The van der Waals surface area contributed by atoms with Gasteiger partial charge in [-0.15, -0.1) is 0 Å². The third-order valence-electron chi connectivity index (χ3n) is 3.68. The zero-order valence-electron chi connectivity index (χ0n) is 12.3. The smallest absolute Gasteiger partial charge is 0.163 e. The van der Waals surface area contributed by atoms with E-state index in [9.17, 15) is 4.79 Å². The summed E-state index contributed by atoms with van der Waals surface area (Å²) in [5.74, 6) is 0.177. The maximum atomic E-state index is 12.3. The molecule has 0 saturated heterocycles. The van der Waals surface area contributed by atoms with Crippen LogP contribution in [-0.2, 0) is 6.42 Å². The summed E-state index contributed by atoms with van der Waals surface area (Å²) in [6.07, 6.45) is 3.02. The summed E-state index contributed by atoms with van der Waals surface area (Å²) in [5.41, 5.74) is 3.98. The Morgan fingerprint density at radius 1 is 0.818 bits per heavy atom. The van der Waals surface area contributed by atoms with E-state index in [0.29, 0.717) is 6.42 Å². The molecule has 2 aromatic carbocycles. The number of Topliss-reactive ketones (excluding diaryl/α,β-unsaturated/α-hetero) is 1. The van der Waals surface area contributed by atoms with Gasteiger partial charge in [0.15, 0.2) is 5.78 Å². The highest BCUT2D eigenvalue weighted by atomic mass is 16.1. The Bertz CT molecular complexity index is 751. The molecule has 2 heteroatoms. The van der Waals surface area contributed by atoms with Gasteiger partial charge in [0, 0.05) is 23.7 Å². The molecule has 0 aliphatic rings. The van der Waals surface area contributed by atoms with Crippen LogP contribution in [0.5, 0.6) is 0 Å². The number of carbonyl (C=O) groups is 1. The van der Waals surface area contributed by atoms with Gasteiger partial charge in [-0.05, 0) is 24.1 Å². The molecule has 22 heavy (non-hydrogen) atoms. The van der Waals surface area contributed by atoms with Crippen LogP contribution in [0.25, 0.3) is 11.3 Å². The van der Waals surface area contributed by atoms with Gasteiger partial charge in [0.1, 0.15) is 0 Å². The molecule has 0 amide bonds. The molecule has 3 aromatic rings. The van der Waals surface area contributed by atoms with Gasteiger partial charge in [0.2, 0.25) is 0 Å². The van der Waals surface area contributed by atoms with Gasteiger partial charge in [0.05, 0.1) is 5.69 Å². The van der Waals surface area contributed by atoms with E-state index >= 15 is 0 Å². The standard InChI is InChI=1S/C20H17NO/c22-20(17-9-2-1-3-10-17)14-13-16-8-4-5-11-18(16)19-12-6-7-15-21-19/h1-12,15H,13-14H2. The quantitative estimate of drug-likeness (QED) is 0.644. The molecule has 0 saturated carbocycles. The molecule has 1 aromatic heterocycles. The molecule has 0 fully saturated rings. The first-order chi connectivity index (χ1) is 10.8. The second kappa shape index (κ2) is 6.81. The molecule has 0 atom stereocenters. The lowest BCUT2D eigenvalue weighted by atomic mass is 9.97. The Morgan fingerprint density at radius 3 is 2.32 bits per heavy atom. The van der Waals surface area contributed by atoms with E-state index in [-0.39, 0.29) is 5.78 Å². The van der Waals surface area contributed by atoms with E-state index < -0.39 is 0 Å². The highest BCUT2D eigenvalue weighted by Crippen LogP contribution is 2.23. The number of hydrogen-bond acceptors (Lipinski definition) is 2. The van der Waals surface area contributed by atoms with Gasteiger partial charge in [-0.2, -0.15) is 0 Å². The van der Waals surface area contributed by atoms with Crippen LogP contribution in [0.2, 0.25) is 0 Å². The predicted octanol–water partition coefficient (Wildman–Crippen LogP) is 4.56. The highest BCUT2D eigenvalue weighted by molar-refractivity contribution is 5.96. The summed E-state index contributed by atoms with van der Waals surface area (Å²) in [4.78, 5) is 16.7. The minimum Gasteiger partial charge on any atom is -0.294 e. The summed E-state index contributed by atoms with van der Waals surface area (Å²) in [6.45, 7) is 0. The van der Waals surface area contributed by atoms with Gasteiger partial charge < -0.3 is 0 Å². The van der Waals surface area contributed by atoms with Crippen molar-refractivity contribution in [3.05, 3.63) is 90.1 Å². The predicted molar refractivity (Wildman–Crippen MR) is 88.8 cm³/mol. The Kier molecular flexibility index (Phi) is 4.40. The van der Waals surface area contributed by atoms with E-state index in [1.165, 1.54) is 0 Å². The van der Waals surface area contributed by atoms with Crippen molar-refractivity contribution in [3.8, 4) is 11.3 Å². The lowest BCUT2D eigenvalue weighted by Crippen LogP contribution is -2.02. The highest BCUT2D eigenvalue weighted by Gasteiger charge is 2.09. The second-order valence-electron chi connectivity index (χ2n) is 5.16. The molecule has 3 rings (SSSR count). The molecule has 0 aliphatic carbocycles. The monoisotopic (exact) mass is 287 g/mol. The molecule has 0 N–H and O–H groups in total. The molecule has 0 radical (unpaired) electrons. The van der Waals surface area contributed by atoms with Gasteiger partial charge >= 0.3 is 0 Å². The summed E-state index contributed by atoms with van der Waals surface area (Å²) >= 11 is 0. The Morgan fingerprint density at radius 2 is 1.55 bits per heavy atom. The van der Waals surface area contributed by atoms with E-state index in [1.807, 2.05) is 60.7 Å². The average Bonchev–Trinajstić information content (AvgIpc) is 2.61. The molecule has 108 valence electrons. The molecule has 0 unspecified atom stereocenters. The van der Waals surface area contributed by atoms with Crippen molar-refractivity contribution in [2.45, 2.75) is 12.8 Å². The number of rotatable bonds is 5. The maximum Gasteiger partial charge on any atom is 0.163 e. The van der Waals surface area contributed by atoms with Crippen LogP contribution < -0.4 is 0 Å². The van der Waals surface area contributed by atoms with Crippen LogP contribution in [-0.4, -0.2) is 10.8 Å². The van der Waals surface area contributed by atoms with Crippen LogP contribution in [0.4, 0.5) is 0 Å². The zero-order chi connectivity index (χ0) is 15.2. The molecule has 2 nitrogen and oxygen atoms in total. The lowest BCUT2D eigenvalue weighted by molar-refractivity contribution is 0.0983. The van der Waals surface area contributed by atoms with Crippen molar-refractivity contribution in [1.82, 2.24) is 4.98 Å². The normalized spacial score (nSPS) is 10.4. The number of aromatic nitrogens is 1. The number of pyridine rings is 1. The van der Waals surface area contributed by atoms with Crippen molar-refractivity contribution in [2.24, 2.45) is 0 Å². The SMILES string of the molecule is O=C(CCc1ccccc1-c1ccccn1)c1ccccc1. The summed E-state index contributed by atoms with van der Waals surface area (Å²) in [7, 11) is 0. The molecular formula is C20H17NO. The first-order valence-electron chi connectivity index (χ1n) is 7.42. The third kappa shape index (κ3) is 3.29. The van der Waals surface area contributed by atoms with Gasteiger partial charge in [-0.3, -0.25) is 9.78 Å². The topological polar surface area (TPSA) is 30.0 Å². The first-order valence-corrected chi connectivity index (χ1v) is 7.42. The summed E-state index contributed by atoms with van der Waals surface area (Å²) < 4.78 is 0. The summed E-state index contributed by atoms with van der Waals surface area (Å²) in [6, 6.07) is 23.5. The van der Waals surface area contributed by atoms with E-state index in [0.717, 1.165) is 28.8 Å². The van der Waals surface area contributed by atoms with Gasteiger partial charge in [-0.25, -0.2) is 0 Å². The Hall–Kier alpha value is -2.74. The van der Waals surface area contributed by atoms with Crippen LogP contribution in [0, 0.1) is 0 Å². The maximum absolute atomic E-state index is 12.3. The zero-order valence-corrected chi connectivity index (χ0v) is 12.3. The van der Waals surface area contributed by atoms with Gasteiger partial charge in [-0.1, -0.05) is 60.7 Å². The molecule has 0 bridgehead atoms. The number of ketones is 1. The fourth-order valence-electron chi connectivity index (χ4n) is 2.53. The Labute approximate surface area is 130 Å². The molecule has 0 aliphatic heterocycles. The second-order valence-corrected chi connectivity index (χ2v) is 5.16. The minimum atomic E-state index is 0.177. The minimum absolute atomic E-state index is 0.177. The molecule has 1 heterocycles. The van der Waals surface area contributed by atoms with E-state index in [2.05, 4.69) is 17.1 Å². The number of hydrogen-bond donors (Lipinski definition) is 0. The largest absolute Gasteiger partial charge is 0.294 e.